The predicted octanol–water partition coefficient (Wildman–Crippen LogP) is 2.51. The summed E-state index contributed by atoms with van der Waals surface area (Å²) in [5, 5.41) is 17.9. The van der Waals surface area contributed by atoms with Gasteiger partial charge in [-0.3, -0.25) is 4.90 Å². The molecule has 0 saturated heterocycles. The minimum Gasteiger partial charge on any atom is -0.478 e. The fourth-order valence-corrected chi connectivity index (χ4v) is 2.39. The minimum absolute atomic E-state index is 0.0478. The Hall–Kier alpha value is -1.46. The van der Waals surface area contributed by atoms with E-state index >= 15 is 0 Å². The van der Waals surface area contributed by atoms with E-state index in [9.17, 15) is 9.18 Å². The highest BCUT2D eigenvalue weighted by Gasteiger charge is 2.16. The van der Waals surface area contributed by atoms with Crippen molar-refractivity contribution in [2.24, 2.45) is 0 Å². The first-order valence-electron chi connectivity index (χ1n) is 6.90. The van der Waals surface area contributed by atoms with Crippen LogP contribution in [0.25, 0.3) is 0 Å². The smallest absolute Gasteiger partial charge is 0.338 e. The number of nitrogens with zero attached hydrogens (tertiary/aromatic N) is 1. The van der Waals surface area contributed by atoms with Gasteiger partial charge in [0.05, 0.1) is 12.2 Å². The normalized spacial score (nSPS) is 11.3. The van der Waals surface area contributed by atoms with E-state index in [2.05, 4.69) is 18.7 Å². The zero-order valence-corrected chi connectivity index (χ0v) is 12.0. The van der Waals surface area contributed by atoms with Crippen LogP contribution in [0.4, 0.5) is 4.39 Å². The summed E-state index contributed by atoms with van der Waals surface area (Å²) in [4.78, 5) is 12.9. The van der Waals surface area contributed by atoms with E-state index in [0.29, 0.717) is 24.7 Å². The first-order valence-corrected chi connectivity index (χ1v) is 6.90. The third-order valence-electron chi connectivity index (χ3n) is 3.50. The van der Waals surface area contributed by atoms with Gasteiger partial charge in [0.1, 0.15) is 5.82 Å². The van der Waals surface area contributed by atoms with E-state index < -0.39 is 11.8 Å². The molecule has 5 heteroatoms. The van der Waals surface area contributed by atoms with E-state index in [1.807, 2.05) is 0 Å². The van der Waals surface area contributed by atoms with Gasteiger partial charge in [-0.15, -0.1) is 0 Å². The number of aliphatic hydroxyl groups excluding tert-OH is 1. The van der Waals surface area contributed by atoms with Gasteiger partial charge in [0, 0.05) is 19.1 Å². The largest absolute Gasteiger partial charge is 0.478 e. The molecule has 1 aromatic carbocycles. The Morgan fingerprint density at radius 3 is 2.45 bits per heavy atom. The van der Waals surface area contributed by atoms with Crippen molar-refractivity contribution in [1.29, 1.82) is 0 Å². The molecule has 0 radical (unpaired) electrons. The SMILES string of the molecule is CCC(CC)N(CCO)Cc1ccc(C(=O)O)c(F)c1. The van der Waals surface area contributed by atoms with Gasteiger partial charge in [0.2, 0.25) is 0 Å². The van der Waals surface area contributed by atoms with E-state index in [1.165, 1.54) is 12.1 Å². The summed E-state index contributed by atoms with van der Waals surface area (Å²) in [6, 6.07) is 4.50. The molecule has 0 unspecified atom stereocenters. The monoisotopic (exact) mass is 283 g/mol. The highest BCUT2D eigenvalue weighted by molar-refractivity contribution is 5.87. The molecule has 0 aliphatic rings. The third kappa shape index (κ3) is 4.28. The molecule has 0 atom stereocenters. The maximum atomic E-state index is 13.7. The molecular weight excluding hydrogens is 261 g/mol. The van der Waals surface area contributed by atoms with Gasteiger partial charge in [-0.1, -0.05) is 19.9 Å². The van der Waals surface area contributed by atoms with Crippen LogP contribution in [-0.4, -0.2) is 40.3 Å². The molecule has 0 saturated carbocycles. The van der Waals surface area contributed by atoms with Crippen LogP contribution in [0, 0.1) is 5.82 Å². The van der Waals surface area contributed by atoms with Crippen LogP contribution in [0.15, 0.2) is 18.2 Å². The third-order valence-corrected chi connectivity index (χ3v) is 3.50. The van der Waals surface area contributed by atoms with Gasteiger partial charge < -0.3 is 10.2 Å². The van der Waals surface area contributed by atoms with Gasteiger partial charge in [0.25, 0.3) is 0 Å². The average Bonchev–Trinajstić information content (AvgIpc) is 2.40. The maximum absolute atomic E-state index is 13.7. The molecule has 2 N–H and O–H groups in total. The molecule has 1 aromatic rings. The molecule has 1 rings (SSSR count). The van der Waals surface area contributed by atoms with Gasteiger partial charge in [-0.25, -0.2) is 9.18 Å². The number of carboxylic acid groups (broad SMARTS) is 1. The Kier molecular flexibility index (Phi) is 6.61. The molecule has 0 bridgehead atoms. The zero-order chi connectivity index (χ0) is 15.1. The Morgan fingerprint density at radius 2 is 2.00 bits per heavy atom. The highest BCUT2D eigenvalue weighted by atomic mass is 19.1. The number of benzene rings is 1. The van der Waals surface area contributed by atoms with Crippen LogP contribution < -0.4 is 0 Å². The lowest BCUT2D eigenvalue weighted by atomic mass is 10.1. The van der Waals surface area contributed by atoms with Crippen LogP contribution in [0.5, 0.6) is 0 Å². The fourth-order valence-electron chi connectivity index (χ4n) is 2.39. The number of hydrogen-bond donors (Lipinski definition) is 2. The summed E-state index contributed by atoms with van der Waals surface area (Å²) in [5.74, 6) is -1.98. The summed E-state index contributed by atoms with van der Waals surface area (Å²) in [6.07, 6.45) is 1.90. The molecular formula is C15H22FNO3. The molecule has 0 spiro atoms. The van der Waals surface area contributed by atoms with Crippen LogP contribution in [0.2, 0.25) is 0 Å². The second kappa shape index (κ2) is 7.97. The summed E-state index contributed by atoms with van der Waals surface area (Å²) in [5.41, 5.74) is 0.401. The lowest BCUT2D eigenvalue weighted by molar-refractivity contribution is 0.0692. The summed E-state index contributed by atoms with van der Waals surface area (Å²) >= 11 is 0. The molecule has 0 aromatic heterocycles. The van der Waals surface area contributed by atoms with Gasteiger partial charge in [0.15, 0.2) is 0 Å². The van der Waals surface area contributed by atoms with Crippen molar-refractivity contribution in [1.82, 2.24) is 4.90 Å². The minimum atomic E-state index is -1.26. The summed E-state index contributed by atoms with van der Waals surface area (Å²) < 4.78 is 13.7. The number of carboxylic acids is 1. The average molecular weight is 283 g/mol. The Bertz CT molecular complexity index is 447. The standard InChI is InChI=1S/C15H22FNO3/c1-3-12(4-2)17(7-8-18)10-11-5-6-13(15(19)20)14(16)9-11/h5-6,9,12,18H,3-4,7-8,10H2,1-2H3,(H,19,20). The second-order valence-electron chi connectivity index (χ2n) is 4.78. The van der Waals surface area contributed by atoms with Crippen molar-refractivity contribution in [3.63, 3.8) is 0 Å². The van der Waals surface area contributed by atoms with Crippen LogP contribution in [-0.2, 0) is 6.54 Å². The highest BCUT2D eigenvalue weighted by Crippen LogP contribution is 2.16. The number of hydrogen-bond acceptors (Lipinski definition) is 3. The topological polar surface area (TPSA) is 60.8 Å². The lowest BCUT2D eigenvalue weighted by Crippen LogP contribution is -2.36. The molecule has 0 heterocycles. The number of rotatable bonds is 8. The van der Waals surface area contributed by atoms with E-state index in [0.717, 1.165) is 12.8 Å². The van der Waals surface area contributed by atoms with Crippen LogP contribution >= 0.6 is 0 Å². The molecule has 0 aliphatic carbocycles. The molecule has 0 aliphatic heterocycles. The van der Waals surface area contributed by atoms with Gasteiger partial charge in [-0.2, -0.15) is 0 Å². The van der Waals surface area contributed by atoms with Gasteiger partial charge >= 0.3 is 5.97 Å². The first-order chi connectivity index (χ1) is 9.53. The molecule has 0 fully saturated rings. The molecule has 4 nitrogen and oxygen atoms in total. The maximum Gasteiger partial charge on any atom is 0.338 e. The van der Waals surface area contributed by atoms with Crippen molar-refractivity contribution < 1.29 is 19.4 Å². The van der Waals surface area contributed by atoms with Crippen molar-refractivity contribution in [2.45, 2.75) is 39.3 Å². The van der Waals surface area contributed by atoms with Crippen molar-refractivity contribution in [2.75, 3.05) is 13.2 Å². The number of carbonyl (C=O) groups is 1. The molecule has 20 heavy (non-hydrogen) atoms. The van der Waals surface area contributed by atoms with Crippen LogP contribution in [0.3, 0.4) is 0 Å². The van der Waals surface area contributed by atoms with E-state index in [-0.39, 0.29) is 12.2 Å². The Morgan fingerprint density at radius 1 is 1.35 bits per heavy atom. The lowest BCUT2D eigenvalue weighted by Gasteiger charge is -2.29. The zero-order valence-electron chi connectivity index (χ0n) is 12.0. The predicted molar refractivity (Wildman–Crippen MR) is 75.2 cm³/mol. The van der Waals surface area contributed by atoms with Crippen LogP contribution in [0.1, 0.15) is 42.6 Å². The van der Waals surface area contributed by atoms with Crippen molar-refractivity contribution in [3.05, 3.63) is 35.1 Å². The summed E-state index contributed by atoms with van der Waals surface area (Å²) in [6.45, 7) is 5.23. The van der Waals surface area contributed by atoms with Gasteiger partial charge in [-0.05, 0) is 30.5 Å². The quantitative estimate of drug-likeness (QED) is 0.769. The number of aromatic carboxylic acids is 1. The fraction of sp³-hybridized carbons (Fsp3) is 0.533. The Labute approximate surface area is 118 Å². The van der Waals surface area contributed by atoms with E-state index in [1.54, 1.807) is 6.07 Å². The molecule has 0 amide bonds. The second-order valence-corrected chi connectivity index (χ2v) is 4.78. The molecule has 112 valence electrons. The summed E-state index contributed by atoms with van der Waals surface area (Å²) in [7, 11) is 0. The Balaban J connectivity index is 2.88. The number of halogens is 1. The van der Waals surface area contributed by atoms with Crippen molar-refractivity contribution >= 4 is 5.97 Å². The van der Waals surface area contributed by atoms with E-state index in [4.69, 9.17) is 10.2 Å². The number of aliphatic hydroxyl groups is 1. The van der Waals surface area contributed by atoms with Crippen molar-refractivity contribution in [3.8, 4) is 0 Å². The first kappa shape index (κ1) is 16.6.